The maximum atomic E-state index is 13.0. The summed E-state index contributed by atoms with van der Waals surface area (Å²) in [4.78, 5) is 18.8. The van der Waals surface area contributed by atoms with E-state index in [0.717, 1.165) is 17.1 Å². The van der Waals surface area contributed by atoms with Crippen molar-refractivity contribution >= 4 is 34.7 Å². The van der Waals surface area contributed by atoms with Crippen molar-refractivity contribution < 1.29 is 18.0 Å². The molecule has 8 heteroatoms. The van der Waals surface area contributed by atoms with Crippen LogP contribution in [0.1, 0.15) is 23.2 Å². The van der Waals surface area contributed by atoms with Crippen LogP contribution in [0.2, 0.25) is 0 Å². The predicted octanol–water partition coefficient (Wildman–Crippen LogP) is 4.50. The maximum absolute atomic E-state index is 13.0. The standard InChI is InChI=1S/C15H13F3N2OS2/c1-8-14(21)20(6-11-7-22-9(2)19-11)12-5-10(15(16,17)18)3-4-13(12)23-8/h3-5,7-8H,6H2,1-2H3. The first kappa shape index (κ1) is 16.3. The Hall–Kier alpha value is -1.54. The Balaban J connectivity index is 2.03. The second-order valence-corrected chi connectivity index (χ2v) is 7.67. The number of anilines is 1. The quantitative estimate of drug-likeness (QED) is 0.793. The summed E-state index contributed by atoms with van der Waals surface area (Å²) in [6.45, 7) is 3.79. The van der Waals surface area contributed by atoms with Gasteiger partial charge in [0, 0.05) is 10.3 Å². The fraction of sp³-hybridized carbons (Fsp3) is 0.333. The Kier molecular flexibility index (Phi) is 4.14. The molecule has 2 aromatic rings. The van der Waals surface area contributed by atoms with Crippen molar-refractivity contribution in [3.63, 3.8) is 0 Å². The average molecular weight is 358 g/mol. The second kappa shape index (κ2) is 5.83. The number of fused-ring (bicyclic) bond motifs is 1. The topological polar surface area (TPSA) is 33.2 Å². The number of nitrogens with zero attached hydrogens (tertiary/aromatic N) is 2. The van der Waals surface area contributed by atoms with E-state index in [9.17, 15) is 18.0 Å². The summed E-state index contributed by atoms with van der Waals surface area (Å²) in [6.07, 6.45) is -4.44. The molecule has 1 aliphatic heterocycles. The van der Waals surface area contributed by atoms with Crippen molar-refractivity contribution in [3.05, 3.63) is 39.8 Å². The van der Waals surface area contributed by atoms with Gasteiger partial charge in [0.25, 0.3) is 0 Å². The highest BCUT2D eigenvalue weighted by atomic mass is 32.2. The van der Waals surface area contributed by atoms with E-state index in [1.807, 2.05) is 12.3 Å². The highest BCUT2D eigenvalue weighted by molar-refractivity contribution is 8.00. The molecule has 2 heterocycles. The van der Waals surface area contributed by atoms with Gasteiger partial charge in [-0.15, -0.1) is 23.1 Å². The van der Waals surface area contributed by atoms with Crippen LogP contribution in [0.25, 0.3) is 0 Å². The van der Waals surface area contributed by atoms with Crippen LogP contribution < -0.4 is 4.90 Å². The SMILES string of the molecule is Cc1nc(CN2C(=O)C(C)Sc3ccc(C(F)(F)F)cc32)cs1. The van der Waals surface area contributed by atoms with Gasteiger partial charge in [0.15, 0.2) is 0 Å². The van der Waals surface area contributed by atoms with Gasteiger partial charge in [-0.2, -0.15) is 13.2 Å². The fourth-order valence-corrected chi connectivity index (χ4v) is 4.04. The number of amides is 1. The number of halogens is 3. The van der Waals surface area contributed by atoms with Crippen LogP contribution in [0.15, 0.2) is 28.5 Å². The number of thioether (sulfide) groups is 1. The first-order chi connectivity index (χ1) is 10.8. The van der Waals surface area contributed by atoms with Crippen molar-refractivity contribution in [1.82, 2.24) is 4.98 Å². The van der Waals surface area contributed by atoms with Gasteiger partial charge in [-0.1, -0.05) is 0 Å². The summed E-state index contributed by atoms with van der Waals surface area (Å²) in [5.41, 5.74) is 0.237. The Morgan fingerprint density at radius 2 is 2.09 bits per heavy atom. The summed E-state index contributed by atoms with van der Waals surface area (Å²) < 4.78 is 38.9. The zero-order chi connectivity index (χ0) is 16.8. The zero-order valence-electron chi connectivity index (χ0n) is 12.3. The molecule has 1 amide bonds. The van der Waals surface area contributed by atoms with Crippen LogP contribution >= 0.6 is 23.1 Å². The van der Waals surface area contributed by atoms with Gasteiger partial charge < -0.3 is 4.90 Å². The normalized spacial score (nSPS) is 18.2. The molecule has 0 spiro atoms. The van der Waals surface area contributed by atoms with E-state index in [-0.39, 0.29) is 17.7 Å². The Labute approximate surface area is 139 Å². The van der Waals surface area contributed by atoms with Crippen molar-refractivity contribution in [2.24, 2.45) is 0 Å². The van der Waals surface area contributed by atoms with E-state index in [4.69, 9.17) is 0 Å². The monoisotopic (exact) mass is 358 g/mol. The second-order valence-electron chi connectivity index (χ2n) is 5.22. The highest BCUT2D eigenvalue weighted by Crippen LogP contribution is 2.42. The highest BCUT2D eigenvalue weighted by Gasteiger charge is 2.36. The molecular formula is C15H13F3N2OS2. The lowest BCUT2D eigenvalue weighted by atomic mass is 10.1. The van der Waals surface area contributed by atoms with Crippen molar-refractivity contribution in [2.75, 3.05) is 4.90 Å². The van der Waals surface area contributed by atoms with Gasteiger partial charge in [-0.05, 0) is 32.0 Å². The van der Waals surface area contributed by atoms with E-state index >= 15 is 0 Å². The lowest BCUT2D eigenvalue weighted by Gasteiger charge is -2.32. The average Bonchev–Trinajstić information content (AvgIpc) is 2.88. The zero-order valence-corrected chi connectivity index (χ0v) is 14.0. The minimum absolute atomic E-state index is 0.183. The van der Waals surface area contributed by atoms with Crippen LogP contribution in [0.5, 0.6) is 0 Å². The summed E-state index contributed by atoms with van der Waals surface area (Å²) in [7, 11) is 0. The van der Waals surface area contributed by atoms with Crippen LogP contribution in [0.3, 0.4) is 0 Å². The molecule has 0 fully saturated rings. The molecule has 3 rings (SSSR count). The molecule has 0 saturated heterocycles. The summed E-state index contributed by atoms with van der Waals surface area (Å²) in [5, 5.41) is 2.34. The largest absolute Gasteiger partial charge is 0.416 e. The van der Waals surface area contributed by atoms with E-state index in [2.05, 4.69) is 4.98 Å². The van der Waals surface area contributed by atoms with Gasteiger partial charge in [0.05, 0.1) is 33.7 Å². The van der Waals surface area contributed by atoms with Crippen LogP contribution in [0, 0.1) is 6.92 Å². The lowest BCUT2D eigenvalue weighted by Crippen LogP contribution is -2.39. The van der Waals surface area contributed by atoms with Gasteiger partial charge >= 0.3 is 6.18 Å². The lowest BCUT2D eigenvalue weighted by molar-refractivity contribution is -0.137. The van der Waals surface area contributed by atoms with E-state index in [1.54, 1.807) is 6.92 Å². The number of thiazole rings is 1. The Morgan fingerprint density at radius 1 is 1.35 bits per heavy atom. The molecule has 0 aliphatic carbocycles. The molecule has 1 aromatic carbocycles. The minimum Gasteiger partial charge on any atom is -0.304 e. The molecular weight excluding hydrogens is 345 g/mol. The predicted molar refractivity (Wildman–Crippen MR) is 84.8 cm³/mol. The molecule has 1 aromatic heterocycles. The molecule has 1 atom stereocenters. The minimum atomic E-state index is -4.44. The van der Waals surface area contributed by atoms with Gasteiger partial charge in [-0.25, -0.2) is 4.98 Å². The first-order valence-corrected chi connectivity index (χ1v) is 8.62. The van der Waals surface area contributed by atoms with Crippen LogP contribution in [-0.4, -0.2) is 16.1 Å². The number of aromatic nitrogens is 1. The molecule has 0 bridgehead atoms. The molecule has 0 N–H and O–H groups in total. The van der Waals surface area contributed by atoms with Gasteiger partial charge in [0.1, 0.15) is 0 Å². The third-order valence-corrected chi connectivity index (χ3v) is 5.46. The van der Waals surface area contributed by atoms with Crippen molar-refractivity contribution in [3.8, 4) is 0 Å². The number of carbonyl (C=O) groups excluding carboxylic acids is 1. The van der Waals surface area contributed by atoms with E-state index in [1.165, 1.54) is 34.1 Å². The Bertz CT molecular complexity index is 757. The molecule has 3 nitrogen and oxygen atoms in total. The number of carbonyl (C=O) groups is 1. The van der Waals surface area contributed by atoms with Gasteiger partial charge in [0.2, 0.25) is 5.91 Å². The molecule has 0 radical (unpaired) electrons. The first-order valence-electron chi connectivity index (χ1n) is 6.86. The summed E-state index contributed by atoms with van der Waals surface area (Å²) in [5.74, 6) is -0.201. The molecule has 122 valence electrons. The number of rotatable bonds is 2. The number of alkyl halides is 3. The summed E-state index contributed by atoms with van der Waals surface area (Å²) in [6, 6.07) is 3.54. The van der Waals surface area contributed by atoms with E-state index < -0.39 is 11.7 Å². The Morgan fingerprint density at radius 3 is 2.70 bits per heavy atom. The number of hydrogen-bond donors (Lipinski definition) is 0. The molecule has 23 heavy (non-hydrogen) atoms. The van der Waals surface area contributed by atoms with Crippen molar-refractivity contribution in [1.29, 1.82) is 0 Å². The third-order valence-electron chi connectivity index (χ3n) is 3.48. The van der Waals surface area contributed by atoms with E-state index in [0.29, 0.717) is 16.3 Å². The third kappa shape index (κ3) is 3.23. The molecule has 0 saturated carbocycles. The smallest absolute Gasteiger partial charge is 0.304 e. The number of hydrogen-bond acceptors (Lipinski definition) is 4. The number of aryl methyl sites for hydroxylation is 1. The molecule has 1 unspecified atom stereocenters. The number of benzene rings is 1. The van der Waals surface area contributed by atoms with Crippen molar-refractivity contribution in [2.45, 2.75) is 36.7 Å². The van der Waals surface area contributed by atoms with Crippen LogP contribution in [0.4, 0.5) is 18.9 Å². The summed E-state index contributed by atoms with van der Waals surface area (Å²) >= 11 is 2.73. The fourth-order valence-electron chi connectivity index (χ4n) is 2.39. The van der Waals surface area contributed by atoms with Crippen LogP contribution in [-0.2, 0) is 17.5 Å². The van der Waals surface area contributed by atoms with Gasteiger partial charge in [-0.3, -0.25) is 4.79 Å². The molecule has 1 aliphatic rings. The maximum Gasteiger partial charge on any atom is 0.416 e.